The largest absolute Gasteiger partial charge is 0.493 e. The van der Waals surface area contributed by atoms with Crippen molar-refractivity contribution in [2.24, 2.45) is 0 Å². The number of methoxy groups -OCH3 is 1. The standard InChI is InChI=1S/C23H22BrNO4S/c1-16-7-9-18(10-8-16)30(26,27)29-23-19(20(24)11-12-22(23)28-2)15-25-14-13-17-5-3-4-6-21(17)25/h3-12H,13-15H2,1-2H3. The summed E-state index contributed by atoms with van der Waals surface area (Å²) in [4.78, 5) is 2.33. The molecule has 0 amide bonds. The molecule has 0 unspecified atom stereocenters. The molecule has 0 aliphatic carbocycles. The van der Waals surface area contributed by atoms with E-state index in [2.05, 4.69) is 33.0 Å². The van der Waals surface area contributed by atoms with Crippen molar-refractivity contribution in [1.29, 1.82) is 0 Å². The van der Waals surface area contributed by atoms with E-state index in [0.29, 0.717) is 12.3 Å². The molecule has 7 heteroatoms. The average Bonchev–Trinajstić information content (AvgIpc) is 3.14. The molecular formula is C23H22BrNO4S. The van der Waals surface area contributed by atoms with Crippen LogP contribution in [0.1, 0.15) is 16.7 Å². The Labute approximate surface area is 185 Å². The van der Waals surface area contributed by atoms with Gasteiger partial charge in [0.05, 0.1) is 7.11 Å². The number of anilines is 1. The van der Waals surface area contributed by atoms with E-state index >= 15 is 0 Å². The second-order valence-electron chi connectivity index (χ2n) is 7.21. The van der Waals surface area contributed by atoms with Gasteiger partial charge < -0.3 is 13.8 Å². The molecule has 0 radical (unpaired) electrons. The molecule has 1 heterocycles. The lowest BCUT2D eigenvalue weighted by Gasteiger charge is -2.23. The second kappa shape index (κ2) is 8.32. The van der Waals surface area contributed by atoms with Gasteiger partial charge in [0.15, 0.2) is 11.5 Å². The molecule has 0 aromatic heterocycles. The summed E-state index contributed by atoms with van der Waals surface area (Å²) in [5.41, 5.74) is 4.13. The number of ether oxygens (including phenoxy) is 1. The molecule has 156 valence electrons. The number of halogens is 1. The summed E-state index contributed by atoms with van der Waals surface area (Å²) >= 11 is 3.57. The average molecular weight is 488 g/mol. The lowest BCUT2D eigenvalue weighted by molar-refractivity contribution is 0.388. The summed E-state index contributed by atoms with van der Waals surface area (Å²) in [6.07, 6.45) is 0.954. The molecule has 0 N–H and O–H groups in total. The first kappa shape index (κ1) is 20.8. The zero-order chi connectivity index (χ0) is 21.3. The summed E-state index contributed by atoms with van der Waals surface area (Å²) in [6, 6.07) is 18.4. The maximum Gasteiger partial charge on any atom is 0.339 e. The molecule has 3 aromatic rings. The molecular weight excluding hydrogens is 466 g/mol. The number of rotatable bonds is 6. The van der Waals surface area contributed by atoms with Crippen LogP contribution in [0.2, 0.25) is 0 Å². The van der Waals surface area contributed by atoms with Gasteiger partial charge in [-0.15, -0.1) is 0 Å². The van der Waals surface area contributed by atoms with Gasteiger partial charge in [0.1, 0.15) is 4.90 Å². The fourth-order valence-corrected chi connectivity index (χ4v) is 5.01. The number of nitrogens with zero attached hydrogens (tertiary/aromatic N) is 1. The summed E-state index contributed by atoms with van der Waals surface area (Å²) in [7, 11) is -2.51. The van der Waals surface area contributed by atoms with Gasteiger partial charge in [-0.05, 0) is 49.2 Å². The minimum atomic E-state index is -4.02. The molecule has 3 aromatic carbocycles. The molecule has 0 bridgehead atoms. The van der Waals surface area contributed by atoms with Gasteiger partial charge in [0, 0.05) is 28.8 Å². The van der Waals surface area contributed by atoms with E-state index in [9.17, 15) is 8.42 Å². The van der Waals surface area contributed by atoms with Crippen molar-refractivity contribution in [3.8, 4) is 11.5 Å². The number of aryl methyl sites for hydroxylation is 1. The molecule has 0 saturated carbocycles. The maximum atomic E-state index is 13.0. The van der Waals surface area contributed by atoms with Crippen molar-refractivity contribution in [2.45, 2.75) is 24.8 Å². The Morgan fingerprint density at radius 1 is 1.03 bits per heavy atom. The molecule has 4 rings (SSSR count). The van der Waals surface area contributed by atoms with E-state index < -0.39 is 10.1 Å². The predicted octanol–water partition coefficient (Wildman–Crippen LogP) is 5.10. The minimum absolute atomic E-state index is 0.104. The van der Waals surface area contributed by atoms with E-state index in [0.717, 1.165) is 34.3 Å². The molecule has 0 fully saturated rings. The van der Waals surface area contributed by atoms with Crippen LogP contribution in [-0.2, 0) is 23.1 Å². The molecule has 0 spiro atoms. The lowest BCUT2D eigenvalue weighted by atomic mass is 10.1. The van der Waals surface area contributed by atoms with Crippen LogP contribution in [0.3, 0.4) is 0 Å². The highest BCUT2D eigenvalue weighted by molar-refractivity contribution is 9.10. The first-order valence-corrected chi connectivity index (χ1v) is 11.8. The number of hydrogen-bond acceptors (Lipinski definition) is 5. The van der Waals surface area contributed by atoms with Gasteiger partial charge in [0.2, 0.25) is 0 Å². The molecule has 0 saturated heterocycles. The van der Waals surface area contributed by atoms with Crippen molar-refractivity contribution in [1.82, 2.24) is 0 Å². The molecule has 1 aliphatic rings. The van der Waals surface area contributed by atoms with Crippen LogP contribution in [0, 0.1) is 6.92 Å². The van der Waals surface area contributed by atoms with Crippen LogP contribution in [-0.4, -0.2) is 22.1 Å². The summed E-state index contributed by atoms with van der Waals surface area (Å²) in [5, 5.41) is 0. The number of hydrogen-bond donors (Lipinski definition) is 0. The van der Waals surface area contributed by atoms with E-state index in [4.69, 9.17) is 8.92 Å². The van der Waals surface area contributed by atoms with Crippen molar-refractivity contribution in [3.05, 3.63) is 81.8 Å². The fourth-order valence-electron chi connectivity index (χ4n) is 3.61. The Morgan fingerprint density at radius 2 is 1.77 bits per heavy atom. The highest BCUT2D eigenvalue weighted by Crippen LogP contribution is 2.40. The topological polar surface area (TPSA) is 55.8 Å². The second-order valence-corrected chi connectivity index (χ2v) is 9.61. The Morgan fingerprint density at radius 3 is 2.50 bits per heavy atom. The lowest BCUT2D eigenvalue weighted by Crippen LogP contribution is -2.21. The highest BCUT2D eigenvalue weighted by atomic mass is 79.9. The maximum absolute atomic E-state index is 13.0. The van der Waals surface area contributed by atoms with Crippen LogP contribution < -0.4 is 13.8 Å². The van der Waals surface area contributed by atoms with Gasteiger partial charge in [-0.25, -0.2) is 0 Å². The van der Waals surface area contributed by atoms with Crippen LogP contribution in [0.25, 0.3) is 0 Å². The summed E-state index contributed by atoms with van der Waals surface area (Å²) in [6.45, 7) is 3.25. The highest BCUT2D eigenvalue weighted by Gasteiger charge is 2.26. The number of para-hydroxylation sites is 1. The van der Waals surface area contributed by atoms with Crippen LogP contribution in [0.15, 0.2) is 70.0 Å². The van der Waals surface area contributed by atoms with Gasteiger partial charge in [-0.3, -0.25) is 0 Å². The number of fused-ring (bicyclic) bond motifs is 1. The van der Waals surface area contributed by atoms with Crippen molar-refractivity contribution >= 4 is 31.7 Å². The summed E-state index contributed by atoms with van der Waals surface area (Å²) in [5.74, 6) is 0.577. The van der Waals surface area contributed by atoms with E-state index in [1.54, 1.807) is 30.3 Å². The third kappa shape index (κ3) is 4.04. The Kier molecular flexibility index (Phi) is 5.75. The van der Waals surface area contributed by atoms with Gasteiger partial charge in [0.25, 0.3) is 0 Å². The first-order chi connectivity index (χ1) is 14.4. The summed E-state index contributed by atoms with van der Waals surface area (Å²) < 4.78 is 37.8. The van der Waals surface area contributed by atoms with E-state index in [1.165, 1.54) is 12.7 Å². The van der Waals surface area contributed by atoms with Crippen LogP contribution in [0.4, 0.5) is 5.69 Å². The first-order valence-electron chi connectivity index (χ1n) is 9.58. The third-order valence-corrected chi connectivity index (χ3v) is 7.20. The number of benzene rings is 3. The molecule has 1 aliphatic heterocycles. The molecule has 30 heavy (non-hydrogen) atoms. The Bertz CT molecular complexity index is 1180. The van der Waals surface area contributed by atoms with Crippen molar-refractivity contribution < 1.29 is 17.3 Å². The van der Waals surface area contributed by atoms with Crippen molar-refractivity contribution in [2.75, 3.05) is 18.6 Å². The van der Waals surface area contributed by atoms with Gasteiger partial charge in [-0.2, -0.15) is 8.42 Å². The van der Waals surface area contributed by atoms with Gasteiger partial charge in [-0.1, -0.05) is 51.8 Å². The fraction of sp³-hybridized carbons (Fsp3) is 0.217. The smallest absolute Gasteiger partial charge is 0.339 e. The molecule has 0 atom stereocenters. The Balaban J connectivity index is 1.73. The monoisotopic (exact) mass is 487 g/mol. The van der Waals surface area contributed by atoms with E-state index in [1.807, 2.05) is 25.1 Å². The van der Waals surface area contributed by atoms with E-state index in [-0.39, 0.29) is 10.6 Å². The quantitative estimate of drug-likeness (QED) is 0.452. The molecule has 5 nitrogen and oxygen atoms in total. The third-order valence-electron chi connectivity index (χ3n) is 5.22. The zero-order valence-corrected chi connectivity index (χ0v) is 19.2. The normalized spacial score (nSPS) is 13.2. The zero-order valence-electron chi connectivity index (χ0n) is 16.8. The Hall–Kier alpha value is -2.51. The predicted molar refractivity (Wildman–Crippen MR) is 121 cm³/mol. The SMILES string of the molecule is COc1ccc(Br)c(CN2CCc3ccccc32)c1OS(=O)(=O)c1ccc(C)cc1. The van der Waals surface area contributed by atoms with Gasteiger partial charge >= 0.3 is 10.1 Å². The minimum Gasteiger partial charge on any atom is -0.493 e. The van der Waals surface area contributed by atoms with Crippen LogP contribution in [0.5, 0.6) is 11.5 Å². The van der Waals surface area contributed by atoms with Crippen molar-refractivity contribution in [3.63, 3.8) is 0 Å². The van der Waals surface area contributed by atoms with Crippen LogP contribution >= 0.6 is 15.9 Å².